The quantitative estimate of drug-likeness (QED) is 0.927. The molecule has 1 rings (SSSR count). The van der Waals surface area contributed by atoms with Gasteiger partial charge in [0.2, 0.25) is 5.82 Å². The first-order valence-electron chi connectivity index (χ1n) is 4.39. The summed E-state index contributed by atoms with van der Waals surface area (Å²) in [7, 11) is 0. The third-order valence-corrected chi connectivity index (χ3v) is 2.01. The van der Waals surface area contributed by atoms with Crippen LogP contribution in [0.3, 0.4) is 0 Å². The van der Waals surface area contributed by atoms with E-state index in [0.29, 0.717) is 4.47 Å². The van der Waals surface area contributed by atoms with Crippen LogP contribution in [-0.2, 0) is 0 Å². The van der Waals surface area contributed by atoms with Crippen molar-refractivity contribution in [3.8, 4) is 11.6 Å². The fourth-order valence-corrected chi connectivity index (χ4v) is 1.31. The third kappa shape index (κ3) is 3.06. The highest BCUT2D eigenvalue weighted by Crippen LogP contribution is 2.32. The van der Waals surface area contributed by atoms with Gasteiger partial charge in [-0.2, -0.15) is 4.39 Å². The molecule has 1 aromatic heterocycles. The van der Waals surface area contributed by atoms with Gasteiger partial charge < -0.3 is 15.2 Å². The Labute approximate surface area is 99.9 Å². The zero-order valence-corrected chi connectivity index (χ0v) is 10.2. The van der Waals surface area contributed by atoms with Crippen molar-refractivity contribution in [3.63, 3.8) is 0 Å². The third-order valence-electron chi connectivity index (χ3n) is 1.45. The number of halogens is 2. The van der Waals surface area contributed by atoms with Gasteiger partial charge in [0.1, 0.15) is 0 Å². The highest BCUT2D eigenvalue weighted by Gasteiger charge is 2.18. The first-order valence-corrected chi connectivity index (χ1v) is 5.19. The highest BCUT2D eigenvalue weighted by atomic mass is 79.9. The van der Waals surface area contributed by atoms with Crippen LogP contribution in [0.5, 0.6) is 11.6 Å². The monoisotopic (exact) mass is 292 g/mol. The van der Waals surface area contributed by atoms with E-state index < -0.39 is 17.8 Å². The van der Waals surface area contributed by atoms with Crippen molar-refractivity contribution in [3.05, 3.63) is 16.5 Å². The summed E-state index contributed by atoms with van der Waals surface area (Å²) in [6.07, 6.45) is -0.0992. The average Bonchev–Trinajstić information content (AvgIpc) is 2.16. The van der Waals surface area contributed by atoms with Crippen molar-refractivity contribution in [1.29, 1.82) is 0 Å². The number of rotatable bonds is 3. The number of carbonyl (C=O) groups excluding carboxylic acids is 1. The first-order chi connectivity index (χ1) is 7.41. The molecule has 7 heteroatoms. The van der Waals surface area contributed by atoms with Crippen molar-refractivity contribution >= 4 is 22.0 Å². The number of carbonyl (C=O) groups is 1. The van der Waals surface area contributed by atoms with Crippen molar-refractivity contribution < 1.29 is 18.7 Å². The summed E-state index contributed by atoms with van der Waals surface area (Å²) in [5.74, 6) is -1.45. The largest absolute Gasteiger partial charge is 0.486 e. The van der Waals surface area contributed by atoms with Gasteiger partial charge in [0.25, 0.3) is 5.88 Å². The molecule has 0 fully saturated rings. The second kappa shape index (κ2) is 5.11. The van der Waals surface area contributed by atoms with Gasteiger partial charge in [-0.25, -0.2) is 9.78 Å². The van der Waals surface area contributed by atoms with Crippen LogP contribution in [0.15, 0.2) is 10.7 Å². The number of aromatic nitrogens is 1. The fourth-order valence-electron chi connectivity index (χ4n) is 0.943. The zero-order valence-electron chi connectivity index (χ0n) is 8.66. The molecule has 0 radical (unpaired) electrons. The van der Waals surface area contributed by atoms with Crippen molar-refractivity contribution in [2.24, 2.45) is 5.73 Å². The number of hydrogen-bond donors (Lipinski definition) is 1. The Hall–Kier alpha value is -1.37. The van der Waals surface area contributed by atoms with E-state index in [-0.39, 0.29) is 11.9 Å². The van der Waals surface area contributed by atoms with Crippen LogP contribution in [-0.4, -0.2) is 17.2 Å². The lowest BCUT2D eigenvalue weighted by Crippen LogP contribution is -2.18. The second-order valence-corrected chi connectivity index (χ2v) is 4.00. The Bertz CT molecular complexity index is 412. The predicted molar refractivity (Wildman–Crippen MR) is 57.9 cm³/mol. The second-order valence-electron chi connectivity index (χ2n) is 3.14. The Kier molecular flexibility index (Phi) is 4.05. The summed E-state index contributed by atoms with van der Waals surface area (Å²) in [5.41, 5.74) is 4.76. The summed E-state index contributed by atoms with van der Waals surface area (Å²) in [6, 6.07) is 0. The summed E-state index contributed by atoms with van der Waals surface area (Å²) in [4.78, 5) is 14.0. The maximum atomic E-state index is 13.7. The minimum atomic E-state index is -1.13. The van der Waals surface area contributed by atoms with E-state index in [2.05, 4.69) is 25.7 Å². The molecule has 0 aromatic carbocycles. The Morgan fingerprint density at radius 2 is 2.25 bits per heavy atom. The molecule has 0 aliphatic heterocycles. The van der Waals surface area contributed by atoms with Crippen LogP contribution in [0.25, 0.3) is 0 Å². The maximum absolute atomic E-state index is 13.7. The molecule has 0 atom stereocenters. The molecular weight excluding hydrogens is 283 g/mol. The zero-order chi connectivity index (χ0) is 12.3. The average molecular weight is 293 g/mol. The molecule has 0 spiro atoms. The predicted octanol–water partition coefficient (Wildman–Crippen LogP) is 2.23. The molecule has 1 amide bonds. The molecule has 0 unspecified atom stereocenters. The van der Waals surface area contributed by atoms with E-state index in [9.17, 15) is 9.18 Å². The number of primary amides is 1. The number of nitrogens with two attached hydrogens (primary N) is 1. The number of hydrogen-bond acceptors (Lipinski definition) is 4. The van der Waals surface area contributed by atoms with Crippen LogP contribution in [0.2, 0.25) is 0 Å². The van der Waals surface area contributed by atoms with Crippen LogP contribution in [0.4, 0.5) is 9.18 Å². The van der Waals surface area contributed by atoms with Gasteiger partial charge >= 0.3 is 6.09 Å². The summed E-state index contributed by atoms with van der Waals surface area (Å²) in [5, 5.41) is 0. The van der Waals surface area contributed by atoms with Gasteiger partial charge in [0, 0.05) is 6.20 Å². The van der Waals surface area contributed by atoms with E-state index in [4.69, 9.17) is 10.5 Å². The van der Waals surface area contributed by atoms with Crippen LogP contribution >= 0.6 is 15.9 Å². The molecular formula is C9H10BrFN2O3. The van der Waals surface area contributed by atoms with E-state index in [1.807, 2.05) is 0 Å². The van der Waals surface area contributed by atoms with E-state index in [0.717, 1.165) is 0 Å². The van der Waals surface area contributed by atoms with Crippen molar-refractivity contribution in [2.75, 3.05) is 0 Å². The molecule has 0 aliphatic carbocycles. The summed E-state index contributed by atoms with van der Waals surface area (Å²) in [6.45, 7) is 3.47. The molecule has 0 bridgehead atoms. The maximum Gasteiger partial charge on any atom is 0.411 e. The summed E-state index contributed by atoms with van der Waals surface area (Å²) >= 11 is 3.08. The number of amides is 1. The van der Waals surface area contributed by atoms with E-state index in [1.165, 1.54) is 6.20 Å². The van der Waals surface area contributed by atoms with Gasteiger partial charge in [0.15, 0.2) is 5.75 Å². The lowest BCUT2D eigenvalue weighted by molar-refractivity contribution is 0.202. The topological polar surface area (TPSA) is 74.4 Å². The van der Waals surface area contributed by atoms with Crippen molar-refractivity contribution in [2.45, 2.75) is 20.0 Å². The normalized spacial score (nSPS) is 10.3. The molecule has 0 saturated heterocycles. The van der Waals surface area contributed by atoms with Gasteiger partial charge in [0.05, 0.1) is 10.6 Å². The molecule has 2 N–H and O–H groups in total. The lowest BCUT2D eigenvalue weighted by Gasteiger charge is -2.13. The Balaban J connectivity index is 3.10. The van der Waals surface area contributed by atoms with Crippen LogP contribution < -0.4 is 15.2 Å². The van der Waals surface area contributed by atoms with Gasteiger partial charge in [-0.3, -0.25) is 0 Å². The molecule has 1 heterocycles. The van der Waals surface area contributed by atoms with Crippen LogP contribution in [0.1, 0.15) is 13.8 Å². The molecule has 0 aliphatic rings. The van der Waals surface area contributed by atoms with Gasteiger partial charge in [-0.05, 0) is 29.8 Å². The van der Waals surface area contributed by atoms with Crippen LogP contribution in [0, 0.1) is 5.82 Å². The highest BCUT2D eigenvalue weighted by molar-refractivity contribution is 9.10. The molecule has 0 saturated carbocycles. The van der Waals surface area contributed by atoms with Crippen molar-refractivity contribution in [1.82, 2.24) is 4.98 Å². The number of ether oxygens (including phenoxy) is 2. The smallest absolute Gasteiger partial charge is 0.411 e. The molecule has 5 nitrogen and oxygen atoms in total. The standard InChI is InChI=1S/C9H10BrFN2O3/c1-4(2)15-7-5(10)3-13-8(6(7)11)16-9(12)14/h3-4H,1-2H3,(H2,12,14). The van der Waals surface area contributed by atoms with Gasteiger partial charge in [-0.1, -0.05) is 0 Å². The molecule has 1 aromatic rings. The Morgan fingerprint density at radius 1 is 1.62 bits per heavy atom. The minimum absolute atomic E-state index is 0.0683. The number of pyridine rings is 1. The van der Waals surface area contributed by atoms with E-state index in [1.54, 1.807) is 13.8 Å². The number of nitrogens with zero attached hydrogens (tertiary/aromatic N) is 1. The molecule has 88 valence electrons. The van der Waals surface area contributed by atoms with Gasteiger partial charge in [-0.15, -0.1) is 0 Å². The Morgan fingerprint density at radius 3 is 2.75 bits per heavy atom. The van der Waals surface area contributed by atoms with E-state index >= 15 is 0 Å². The lowest BCUT2D eigenvalue weighted by atomic mass is 10.4. The molecule has 16 heavy (non-hydrogen) atoms. The minimum Gasteiger partial charge on any atom is -0.486 e. The first kappa shape index (κ1) is 12.7. The summed E-state index contributed by atoms with van der Waals surface area (Å²) < 4.78 is 23.6. The fraction of sp³-hybridized carbons (Fsp3) is 0.333. The SMILES string of the molecule is CC(C)Oc1c(Br)cnc(OC(N)=O)c1F.